The Balaban J connectivity index is 3.52. The predicted octanol–water partition coefficient (Wildman–Crippen LogP) is 6.46. The van der Waals surface area contributed by atoms with Crippen molar-refractivity contribution in [2.24, 2.45) is 11.8 Å². The van der Waals surface area contributed by atoms with Gasteiger partial charge in [-0.3, -0.25) is 9.59 Å². The van der Waals surface area contributed by atoms with Crippen LogP contribution in [-0.2, 0) is 19.1 Å². The normalized spacial score (nSPS) is 12.2. The molecule has 0 rings (SSSR count). The van der Waals surface area contributed by atoms with Crippen LogP contribution >= 0.6 is 0 Å². The summed E-state index contributed by atoms with van der Waals surface area (Å²) in [6, 6.07) is 0. The summed E-state index contributed by atoms with van der Waals surface area (Å²) in [7, 11) is 0. The molecule has 0 N–H and O–H groups in total. The number of hydrogen-bond acceptors (Lipinski definition) is 4. The highest BCUT2D eigenvalue weighted by atomic mass is 16.5. The van der Waals surface area contributed by atoms with Gasteiger partial charge in [0.25, 0.3) is 0 Å². The molecule has 0 aliphatic rings. The molecule has 0 aromatic rings. The largest absolute Gasteiger partial charge is 0.466 e. The molecule has 0 fully saturated rings. The summed E-state index contributed by atoms with van der Waals surface area (Å²) < 4.78 is 9.97. The Morgan fingerprint density at radius 3 is 1.56 bits per heavy atom. The van der Waals surface area contributed by atoms with E-state index in [1.54, 1.807) is 0 Å². The summed E-state index contributed by atoms with van der Waals surface area (Å²) in [5, 5.41) is 0. The first-order valence-electron chi connectivity index (χ1n) is 11.3. The molecule has 0 bridgehead atoms. The average molecular weight is 385 g/mol. The Morgan fingerprint density at radius 1 is 0.630 bits per heavy atom. The number of esters is 2. The predicted molar refractivity (Wildman–Crippen MR) is 112 cm³/mol. The minimum atomic E-state index is -0.0561. The molecule has 0 aliphatic carbocycles. The number of rotatable bonds is 18. The number of carbonyl (C=O) groups excluding carboxylic acids is 2. The highest BCUT2D eigenvalue weighted by Crippen LogP contribution is 2.24. The van der Waals surface area contributed by atoms with E-state index in [2.05, 4.69) is 13.8 Å². The van der Waals surface area contributed by atoms with E-state index in [0.717, 1.165) is 19.3 Å². The standard InChI is InChI=1S/C23H44O4/c1-5-26-22(24)17-15-13-11-9-7-8-10-12-14-16-21(20(3)4)18-19-23(25)27-6-2/h20-21H,5-19H2,1-4H3. The third-order valence-corrected chi connectivity index (χ3v) is 5.23. The van der Waals surface area contributed by atoms with Gasteiger partial charge in [-0.15, -0.1) is 0 Å². The van der Waals surface area contributed by atoms with Crippen LogP contribution in [0.2, 0.25) is 0 Å². The van der Waals surface area contributed by atoms with Crippen molar-refractivity contribution in [3.05, 3.63) is 0 Å². The van der Waals surface area contributed by atoms with Crippen molar-refractivity contribution in [3.8, 4) is 0 Å². The van der Waals surface area contributed by atoms with Crippen molar-refractivity contribution in [3.63, 3.8) is 0 Å². The number of carbonyl (C=O) groups is 2. The maximum absolute atomic E-state index is 11.5. The molecule has 0 saturated carbocycles. The fourth-order valence-corrected chi connectivity index (χ4v) is 3.49. The maximum atomic E-state index is 11.5. The van der Waals surface area contributed by atoms with Gasteiger partial charge in [0.1, 0.15) is 0 Å². The zero-order valence-electron chi connectivity index (χ0n) is 18.4. The van der Waals surface area contributed by atoms with Crippen LogP contribution < -0.4 is 0 Å². The van der Waals surface area contributed by atoms with E-state index in [4.69, 9.17) is 9.47 Å². The molecule has 0 amide bonds. The van der Waals surface area contributed by atoms with Crippen molar-refractivity contribution in [1.29, 1.82) is 0 Å². The Labute approximate surface area is 167 Å². The van der Waals surface area contributed by atoms with Crippen molar-refractivity contribution >= 4 is 11.9 Å². The number of unbranched alkanes of at least 4 members (excludes halogenated alkanes) is 8. The molecule has 0 spiro atoms. The second-order valence-electron chi connectivity index (χ2n) is 7.87. The van der Waals surface area contributed by atoms with E-state index in [1.165, 1.54) is 51.4 Å². The monoisotopic (exact) mass is 384 g/mol. The summed E-state index contributed by atoms with van der Waals surface area (Å²) in [6.07, 6.45) is 14.4. The van der Waals surface area contributed by atoms with Crippen LogP contribution in [0.15, 0.2) is 0 Å². The van der Waals surface area contributed by atoms with E-state index in [1.807, 2.05) is 13.8 Å². The van der Waals surface area contributed by atoms with Gasteiger partial charge in [-0.1, -0.05) is 71.6 Å². The van der Waals surface area contributed by atoms with Crippen LogP contribution in [0.5, 0.6) is 0 Å². The highest BCUT2D eigenvalue weighted by Gasteiger charge is 2.15. The van der Waals surface area contributed by atoms with Crippen LogP contribution in [0.3, 0.4) is 0 Å². The second kappa shape index (κ2) is 18.3. The zero-order chi connectivity index (χ0) is 20.3. The molecular formula is C23H44O4. The van der Waals surface area contributed by atoms with E-state index in [9.17, 15) is 9.59 Å². The third-order valence-electron chi connectivity index (χ3n) is 5.23. The maximum Gasteiger partial charge on any atom is 0.305 e. The van der Waals surface area contributed by atoms with Gasteiger partial charge >= 0.3 is 11.9 Å². The van der Waals surface area contributed by atoms with E-state index in [-0.39, 0.29) is 11.9 Å². The molecule has 1 atom stereocenters. The topological polar surface area (TPSA) is 52.6 Å². The SMILES string of the molecule is CCOC(=O)CCCCCCCCCCCC(CCC(=O)OCC)C(C)C. The van der Waals surface area contributed by atoms with Gasteiger partial charge in [0.2, 0.25) is 0 Å². The molecule has 0 saturated heterocycles. The fraction of sp³-hybridized carbons (Fsp3) is 0.913. The minimum Gasteiger partial charge on any atom is -0.466 e. The summed E-state index contributed by atoms with van der Waals surface area (Å²) in [6.45, 7) is 9.21. The van der Waals surface area contributed by atoms with Crippen molar-refractivity contribution in [1.82, 2.24) is 0 Å². The van der Waals surface area contributed by atoms with Gasteiger partial charge < -0.3 is 9.47 Å². The molecular weight excluding hydrogens is 340 g/mol. The minimum absolute atomic E-state index is 0.0506. The number of ether oxygens (including phenoxy) is 2. The Hall–Kier alpha value is -1.06. The van der Waals surface area contributed by atoms with Gasteiger partial charge in [0, 0.05) is 12.8 Å². The smallest absolute Gasteiger partial charge is 0.305 e. The summed E-state index contributed by atoms with van der Waals surface area (Å²) in [4.78, 5) is 22.8. The lowest BCUT2D eigenvalue weighted by Gasteiger charge is -2.20. The second-order valence-corrected chi connectivity index (χ2v) is 7.87. The summed E-state index contributed by atoms with van der Waals surface area (Å²) in [5.74, 6) is 1.16. The van der Waals surface area contributed by atoms with Crippen LogP contribution in [0.25, 0.3) is 0 Å². The molecule has 0 aliphatic heterocycles. The van der Waals surface area contributed by atoms with Gasteiger partial charge in [-0.25, -0.2) is 0 Å². The molecule has 0 radical (unpaired) electrons. The summed E-state index contributed by atoms with van der Waals surface area (Å²) in [5.41, 5.74) is 0. The quantitative estimate of drug-likeness (QED) is 0.201. The van der Waals surface area contributed by atoms with Crippen LogP contribution in [-0.4, -0.2) is 25.2 Å². The van der Waals surface area contributed by atoms with E-state index < -0.39 is 0 Å². The lowest BCUT2D eigenvalue weighted by molar-refractivity contribution is -0.144. The molecule has 27 heavy (non-hydrogen) atoms. The van der Waals surface area contributed by atoms with E-state index in [0.29, 0.717) is 37.9 Å². The lowest BCUT2D eigenvalue weighted by Crippen LogP contribution is -2.12. The van der Waals surface area contributed by atoms with Crippen molar-refractivity contribution in [2.75, 3.05) is 13.2 Å². The zero-order valence-corrected chi connectivity index (χ0v) is 18.4. The molecule has 160 valence electrons. The fourth-order valence-electron chi connectivity index (χ4n) is 3.49. The van der Waals surface area contributed by atoms with Gasteiger partial charge in [-0.05, 0) is 38.5 Å². The molecule has 0 aromatic heterocycles. The first-order valence-corrected chi connectivity index (χ1v) is 11.3. The first-order chi connectivity index (χ1) is 13.0. The van der Waals surface area contributed by atoms with Gasteiger partial charge in [-0.2, -0.15) is 0 Å². The van der Waals surface area contributed by atoms with Crippen molar-refractivity contribution in [2.45, 2.75) is 111 Å². The van der Waals surface area contributed by atoms with Crippen LogP contribution in [0.4, 0.5) is 0 Å². The molecule has 4 nitrogen and oxygen atoms in total. The third kappa shape index (κ3) is 16.8. The van der Waals surface area contributed by atoms with Crippen molar-refractivity contribution < 1.29 is 19.1 Å². The average Bonchev–Trinajstić information content (AvgIpc) is 2.62. The van der Waals surface area contributed by atoms with Gasteiger partial charge in [0.15, 0.2) is 0 Å². The molecule has 4 heteroatoms. The Morgan fingerprint density at radius 2 is 1.07 bits per heavy atom. The highest BCUT2D eigenvalue weighted by molar-refractivity contribution is 5.69. The first kappa shape index (κ1) is 25.9. The molecule has 1 unspecified atom stereocenters. The van der Waals surface area contributed by atoms with Crippen LogP contribution in [0, 0.1) is 11.8 Å². The van der Waals surface area contributed by atoms with E-state index >= 15 is 0 Å². The Kier molecular flexibility index (Phi) is 17.6. The van der Waals surface area contributed by atoms with Gasteiger partial charge in [0.05, 0.1) is 13.2 Å². The Bertz CT molecular complexity index is 365. The lowest BCUT2D eigenvalue weighted by atomic mass is 9.86. The molecule has 0 aromatic carbocycles. The number of hydrogen-bond donors (Lipinski definition) is 0. The van der Waals surface area contributed by atoms with Crippen LogP contribution in [0.1, 0.15) is 111 Å². The molecule has 0 heterocycles. The summed E-state index contributed by atoms with van der Waals surface area (Å²) >= 11 is 0.